The summed E-state index contributed by atoms with van der Waals surface area (Å²) in [5.41, 5.74) is 9.43. The summed E-state index contributed by atoms with van der Waals surface area (Å²) in [4.78, 5) is 0. The van der Waals surface area contributed by atoms with Crippen LogP contribution in [0.1, 0.15) is 110 Å². The lowest BCUT2D eigenvalue weighted by atomic mass is 9.67. The van der Waals surface area contributed by atoms with Crippen LogP contribution in [0.5, 0.6) is 0 Å². The molecule has 8 bridgehead atoms. The summed E-state index contributed by atoms with van der Waals surface area (Å²) in [5.74, 6) is 6.80. The highest BCUT2D eigenvalue weighted by Gasteiger charge is 2.43. The van der Waals surface area contributed by atoms with Gasteiger partial charge in [-0.3, -0.25) is 0 Å². The van der Waals surface area contributed by atoms with Crippen molar-refractivity contribution in [2.75, 3.05) is 0 Å². The van der Waals surface area contributed by atoms with Gasteiger partial charge in [0.2, 0.25) is 0 Å². The van der Waals surface area contributed by atoms with Gasteiger partial charge < -0.3 is 0 Å². The number of rotatable bonds is 1. The predicted octanol–water partition coefficient (Wildman–Crippen LogP) is 15.1. The fourth-order valence-electron chi connectivity index (χ4n) is 14.6. The molecular formula is C54H46. The van der Waals surface area contributed by atoms with Gasteiger partial charge >= 0.3 is 0 Å². The first kappa shape index (κ1) is 29.6. The van der Waals surface area contributed by atoms with Gasteiger partial charge in [0.1, 0.15) is 0 Å². The first-order valence-corrected chi connectivity index (χ1v) is 21.5. The Hall–Kier alpha value is -4.68. The van der Waals surface area contributed by atoms with E-state index in [0.29, 0.717) is 0 Å². The van der Waals surface area contributed by atoms with E-state index in [-0.39, 0.29) is 0 Å². The molecule has 0 radical (unpaired) electrons. The zero-order chi connectivity index (χ0) is 34.8. The Morgan fingerprint density at radius 3 is 0.796 bits per heavy atom. The Labute approximate surface area is 317 Å². The Morgan fingerprint density at radius 1 is 0.241 bits per heavy atom. The SMILES string of the molecule is c1ccc2c(c1)c1cc(-c3ccc4c(c3)c3ccccc3c3cc5c(cc43)C3CC4CC(CC5C4)C3)ccc1c1cc3c(cc21)C1CC2CC(C1)CC3C2. The van der Waals surface area contributed by atoms with Gasteiger partial charge in [-0.25, -0.2) is 0 Å². The summed E-state index contributed by atoms with van der Waals surface area (Å²) in [5, 5.41) is 17.1. The number of hydrogen-bond donors (Lipinski definition) is 0. The van der Waals surface area contributed by atoms with Crippen LogP contribution in [0.4, 0.5) is 0 Å². The van der Waals surface area contributed by atoms with E-state index in [9.17, 15) is 0 Å². The lowest BCUT2D eigenvalue weighted by Crippen LogP contribution is -2.25. The van der Waals surface area contributed by atoms with Crippen LogP contribution in [0.25, 0.3) is 75.8 Å². The van der Waals surface area contributed by atoms with E-state index in [1.807, 2.05) is 0 Å². The molecule has 0 aromatic heterocycles. The summed E-state index contributed by atoms with van der Waals surface area (Å²) < 4.78 is 0. The molecule has 4 atom stereocenters. The minimum absolute atomic E-state index is 0.755. The van der Waals surface area contributed by atoms with Crippen LogP contribution in [0, 0.1) is 23.7 Å². The lowest BCUT2D eigenvalue weighted by Gasteiger charge is -2.38. The molecule has 0 heteroatoms. The van der Waals surface area contributed by atoms with Crippen molar-refractivity contribution in [1.82, 2.24) is 0 Å². The molecule has 262 valence electrons. The van der Waals surface area contributed by atoms with Crippen molar-refractivity contribution >= 4 is 64.6 Å². The third-order valence-electron chi connectivity index (χ3n) is 16.4. The molecular weight excluding hydrogens is 649 g/mol. The van der Waals surface area contributed by atoms with Crippen LogP contribution >= 0.6 is 0 Å². The number of fused-ring (bicyclic) bond motifs is 12. The van der Waals surface area contributed by atoms with E-state index in [1.54, 1.807) is 22.3 Å². The molecule has 8 aromatic rings. The molecule has 0 N–H and O–H groups in total. The highest BCUT2D eigenvalue weighted by atomic mass is 14.5. The molecule has 0 spiro atoms. The van der Waals surface area contributed by atoms with Crippen molar-refractivity contribution < 1.29 is 0 Å². The van der Waals surface area contributed by atoms with Gasteiger partial charge in [0.25, 0.3) is 0 Å². The Kier molecular flexibility index (Phi) is 5.79. The number of hydrogen-bond acceptors (Lipinski definition) is 0. The normalized spacial score (nSPS) is 29.1. The highest BCUT2D eigenvalue weighted by Crippen LogP contribution is 2.59. The van der Waals surface area contributed by atoms with Crippen LogP contribution in [-0.4, -0.2) is 0 Å². The van der Waals surface area contributed by atoms with Gasteiger partial charge in [-0.1, -0.05) is 72.8 Å². The molecule has 16 rings (SSSR count). The molecule has 4 unspecified atom stereocenters. The van der Waals surface area contributed by atoms with Gasteiger partial charge in [-0.05, 0) is 246 Å². The van der Waals surface area contributed by atoms with E-state index in [0.717, 1.165) is 47.3 Å². The summed E-state index contributed by atoms with van der Waals surface area (Å²) in [7, 11) is 0. The third-order valence-corrected chi connectivity index (χ3v) is 16.4. The van der Waals surface area contributed by atoms with E-state index in [2.05, 4.69) is 109 Å². The maximum atomic E-state index is 2.68. The quantitative estimate of drug-likeness (QED) is 0.150. The van der Waals surface area contributed by atoms with Crippen LogP contribution in [0.15, 0.2) is 109 Å². The standard InChI is InChI=1S/C54H46/c1-3-7-41-39(5-1)49-23-33(9-11-43(49)53-27-47-37-19-29-13-30(20-37)16-35(15-29)45(47)25-51(41)53)34-10-12-44-50(24-34)40-6-2-4-8-42(40)52-26-46-36-17-31-14-32(18-36)22-38(21-31)48(46)28-54(44)52/h1-12,23-32,35-38H,13-22H2. The first-order chi connectivity index (χ1) is 26.7. The van der Waals surface area contributed by atoms with Gasteiger partial charge in [0, 0.05) is 0 Å². The van der Waals surface area contributed by atoms with E-state index in [4.69, 9.17) is 0 Å². The highest BCUT2D eigenvalue weighted by molar-refractivity contribution is 6.27. The minimum atomic E-state index is 0.755. The van der Waals surface area contributed by atoms with Crippen molar-refractivity contribution in [3.8, 4) is 11.1 Å². The van der Waals surface area contributed by atoms with Crippen LogP contribution in [-0.2, 0) is 0 Å². The first-order valence-electron chi connectivity index (χ1n) is 21.5. The molecule has 8 aromatic carbocycles. The molecule has 0 nitrogen and oxygen atoms in total. The second-order valence-corrected chi connectivity index (χ2v) is 19.3. The average Bonchev–Trinajstić information content (AvgIpc) is 3.48. The van der Waals surface area contributed by atoms with E-state index < -0.39 is 0 Å². The molecule has 8 aliphatic rings. The second kappa shape index (κ2) is 10.5. The fraction of sp³-hybridized carbons (Fsp3) is 0.333. The van der Waals surface area contributed by atoms with E-state index in [1.165, 1.54) is 140 Å². The third kappa shape index (κ3) is 4.00. The van der Waals surface area contributed by atoms with Crippen molar-refractivity contribution in [2.24, 2.45) is 23.7 Å². The Bertz CT molecular complexity index is 2730. The molecule has 0 amide bonds. The molecule has 8 aliphatic carbocycles. The molecule has 4 fully saturated rings. The van der Waals surface area contributed by atoms with Gasteiger partial charge in [-0.2, -0.15) is 0 Å². The van der Waals surface area contributed by atoms with Gasteiger partial charge in [-0.15, -0.1) is 0 Å². The van der Waals surface area contributed by atoms with Gasteiger partial charge in [0.05, 0.1) is 0 Å². The zero-order valence-corrected chi connectivity index (χ0v) is 31.1. The summed E-state index contributed by atoms with van der Waals surface area (Å²) >= 11 is 0. The van der Waals surface area contributed by atoms with Crippen molar-refractivity contribution in [3.63, 3.8) is 0 Å². The molecule has 0 saturated heterocycles. The predicted molar refractivity (Wildman–Crippen MR) is 228 cm³/mol. The summed E-state index contributed by atoms with van der Waals surface area (Å²) in [6.45, 7) is 0. The smallest absolute Gasteiger partial charge is 0.00928 e. The largest absolute Gasteiger partial charge is 0.0616 e. The summed E-state index contributed by atoms with van der Waals surface area (Å²) in [6.07, 6.45) is 14.3. The van der Waals surface area contributed by atoms with E-state index >= 15 is 0 Å². The Balaban J connectivity index is 0.975. The minimum Gasteiger partial charge on any atom is -0.0616 e. The van der Waals surface area contributed by atoms with Crippen molar-refractivity contribution in [1.29, 1.82) is 0 Å². The maximum Gasteiger partial charge on any atom is -0.00928 e. The Morgan fingerprint density at radius 2 is 0.500 bits per heavy atom. The molecule has 54 heavy (non-hydrogen) atoms. The van der Waals surface area contributed by atoms with Crippen molar-refractivity contribution in [3.05, 3.63) is 131 Å². The molecule has 0 heterocycles. The van der Waals surface area contributed by atoms with Crippen LogP contribution < -0.4 is 0 Å². The van der Waals surface area contributed by atoms with Crippen molar-refractivity contribution in [2.45, 2.75) is 87.9 Å². The second-order valence-electron chi connectivity index (χ2n) is 19.3. The zero-order valence-electron chi connectivity index (χ0n) is 31.1. The molecule has 4 saturated carbocycles. The summed E-state index contributed by atoms with van der Waals surface area (Å²) in [6, 6.07) is 44.0. The maximum absolute atomic E-state index is 2.68. The monoisotopic (exact) mass is 694 g/mol. The fourth-order valence-corrected chi connectivity index (χ4v) is 14.6. The van der Waals surface area contributed by atoms with Gasteiger partial charge in [0.15, 0.2) is 0 Å². The lowest BCUT2D eigenvalue weighted by molar-refractivity contribution is 0.165. The molecule has 0 aliphatic heterocycles. The number of benzene rings is 8. The van der Waals surface area contributed by atoms with Crippen LogP contribution in [0.2, 0.25) is 0 Å². The van der Waals surface area contributed by atoms with Crippen LogP contribution in [0.3, 0.4) is 0 Å². The topological polar surface area (TPSA) is 0 Å². The average molecular weight is 695 g/mol.